The van der Waals surface area contributed by atoms with Crippen LogP contribution >= 0.6 is 11.3 Å². The van der Waals surface area contributed by atoms with E-state index >= 15 is 0 Å². The van der Waals surface area contributed by atoms with E-state index in [1.807, 2.05) is 45.2 Å². The van der Waals surface area contributed by atoms with Crippen molar-refractivity contribution >= 4 is 34.5 Å². The zero-order valence-electron chi connectivity index (χ0n) is 19.6. The quantitative estimate of drug-likeness (QED) is 0.262. The molecule has 0 saturated carbocycles. The second kappa shape index (κ2) is 9.73. The fourth-order valence-electron chi connectivity index (χ4n) is 4.02. The molecule has 34 heavy (non-hydrogen) atoms. The number of ketones is 1. The second-order valence-corrected chi connectivity index (χ2v) is 9.24. The molecule has 2 heterocycles. The van der Waals surface area contributed by atoms with Gasteiger partial charge in [0.2, 0.25) is 0 Å². The van der Waals surface area contributed by atoms with Crippen molar-refractivity contribution in [2.45, 2.75) is 39.8 Å². The van der Waals surface area contributed by atoms with Crippen LogP contribution < -0.4 is 14.4 Å². The van der Waals surface area contributed by atoms with Gasteiger partial charge in [0, 0.05) is 16.1 Å². The molecule has 0 radical (unpaired) electrons. The molecule has 1 aliphatic rings. The van der Waals surface area contributed by atoms with Crippen LogP contribution in [-0.4, -0.2) is 29.5 Å². The molecule has 4 rings (SSSR count). The highest BCUT2D eigenvalue weighted by molar-refractivity contribution is 7.10. The maximum absolute atomic E-state index is 13.2. The van der Waals surface area contributed by atoms with E-state index in [2.05, 4.69) is 0 Å². The summed E-state index contributed by atoms with van der Waals surface area (Å²) >= 11 is 1.43. The van der Waals surface area contributed by atoms with Crippen LogP contribution in [0.1, 0.15) is 42.8 Å². The Bertz CT molecular complexity index is 1230. The number of benzene rings is 2. The Balaban J connectivity index is 1.81. The maximum Gasteiger partial charge on any atom is 0.300 e. The minimum Gasteiger partial charge on any atom is -0.507 e. The average Bonchev–Trinajstić information content (AvgIpc) is 3.42. The van der Waals surface area contributed by atoms with Gasteiger partial charge >= 0.3 is 0 Å². The molecule has 1 aromatic heterocycles. The van der Waals surface area contributed by atoms with E-state index in [9.17, 15) is 14.7 Å². The number of hydrogen-bond donors (Lipinski definition) is 1. The van der Waals surface area contributed by atoms with E-state index in [0.717, 1.165) is 10.4 Å². The summed E-state index contributed by atoms with van der Waals surface area (Å²) in [6.45, 7) is 8.18. The van der Waals surface area contributed by atoms with Gasteiger partial charge in [-0.15, -0.1) is 11.3 Å². The molecule has 6 nitrogen and oxygen atoms in total. The predicted molar refractivity (Wildman–Crippen MR) is 134 cm³/mol. The number of Topliss-reactive ketones (excluding diaryl/α,β-unsaturated/α-hetero) is 1. The maximum atomic E-state index is 13.2. The van der Waals surface area contributed by atoms with Crippen LogP contribution in [0.3, 0.4) is 0 Å². The summed E-state index contributed by atoms with van der Waals surface area (Å²) < 4.78 is 11.3. The summed E-state index contributed by atoms with van der Waals surface area (Å²) in [4.78, 5) is 28.6. The van der Waals surface area contributed by atoms with Crippen molar-refractivity contribution < 1.29 is 24.2 Å². The summed E-state index contributed by atoms with van der Waals surface area (Å²) in [5.74, 6) is -0.221. The first kappa shape index (κ1) is 23.6. The number of carbonyl (C=O) groups is 2. The van der Waals surface area contributed by atoms with Gasteiger partial charge in [-0.3, -0.25) is 14.5 Å². The molecule has 0 spiro atoms. The van der Waals surface area contributed by atoms with Gasteiger partial charge in [0.15, 0.2) is 0 Å². The number of rotatable bonds is 7. The average molecular weight is 478 g/mol. The molecule has 0 aliphatic carbocycles. The van der Waals surface area contributed by atoms with Crippen LogP contribution in [0.2, 0.25) is 0 Å². The van der Waals surface area contributed by atoms with Gasteiger partial charge in [-0.05, 0) is 87.2 Å². The molecule has 1 fully saturated rings. The van der Waals surface area contributed by atoms with Gasteiger partial charge in [-0.25, -0.2) is 0 Å². The van der Waals surface area contributed by atoms with E-state index in [4.69, 9.17) is 9.47 Å². The smallest absolute Gasteiger partial charge is 0.300 e. The van der Waals surface area contributed by atoms with Crippen LogP contribution in [0.15, 0.2) is 65.6 Å². The standard InChI is InChI=1S/C27H27NO5S/c1-5-32-20-11-9-19(10-12-20)28-24(22-7-6-14-34-22)23(26(30)27(28)31)25(29)18-8-13-21(17(4)15-18)33-16(2)3/h6-16,24,29H,5H2,1-4H3/b25-23-. The Kier molecular flexibility index (Phi) is 6.75. The first-order valence-electron chi connectivity index (χ1n) is 11.2. The normalized spacial score (nSPS) is 17.4. The van der Waals surface area contributed by atoms with Gasteiger partial charge in [-0.1, -0.05) is 6.07 Å². The number of carbonyl (C=O) groups excluding carboxylic acids is 2. The Hall–Kier alpha value is -3.58. The third-order valence-corrected chi connectivity index (χ3v) is 6.42. The number of aliphatic hydroxyl groups excluding tert-OH is 1. The summed E-state index contributed by atoms with van der Waals surface area (Å²) in [6, 6.07) is 15.3. The summed E-state index contributed by atoms with van der Waals surface area (Å²) in [5.41, 5.74) is 1.91. The Morgan fingerprint density at radius 3 is 2.44 bits per heavy atom. The van der Waals surface area contributed by atoms with Gasteiger partial charge in [0.1, 0.15) is 23.3 Å². The highest BCUT2D eigenvalue weighted by Crippen LogP contribution is 2.44. The number of aliphatic hydroxyl groups is 1. The van der Waals surface area contributed by atoms with Gasteiger partial charge in [-0.2, -0.15) is 0 Å². The zero-order chi connectivity index (χ0) is 24.4. The lowest BCUT2D eigenvalue weighted by Gasteiger charge is -2.24. The van der Waals surface area contributed by atoms with Crippen molar-refractivity contribution in [1.82, 2.24) is 0 Å². The van der Waals surface area contributed by atoms with Gasteiger partial charge in [0.25, 0.3) is 11.7 Å². The van der Waals surface area contributed by atoms with E-state index in [1.54, 1.807) is 42.5 Å². The number of nitrogens with zero attached hydrogens (tertiary/aromatic N) is 1. The van der Waals surface area contributed by atoms with E-state index < -0.39 is 17.7 Å². The number of ether oxygens (including phenoxy) is 2. The molecule has 1 aliphatic heterocycles. The van der Waals surface area contributed by atoms with Crippen LogP contribution in [0, 0.1) is 6.92 Å². The molecule has 3 aromatic rings. The molecule has 176 valence electrons. The molecular formula is C27H27NO5S. The monoisotopic (exact) mass is 477 g/mol. The molecule has 0 bridgehead atoms. The largest absolute Gasteiger partial charge is 0.507 e. The Labute approximate surface area is 203 Å². The Morgan fingerprint density at radius 1 is 1.12 bits per heavy atom. The lowest BCUT2D eigenvalue weighted by atomic mass is 9.98. The number of anilines is 1. The van der Waals surface area contributed by atoms with Crippen molar-refractivity contribution in [1.29, 1.82) is 0 Å². The topological polar surface area (TPSA) is 76.1 Å². The van der Waals surface area contributed by atoms with Gasteiger partial charge in [0.05, 0.1) is 18.3 Å². The SMILES string of the molecule is CCOc1ccc(N2C(=O)C(=O)/C(=C(\O)c3ccc(OC(C)C)c(C)c3)C2c2cccs2)cc1. The van der Waals surface area contributed by atoms with Crippen molar-refractivity contribution in [3.05, 3.63) is 81.6 Å². The summed E-state index contributed by atoms with van der Waals surface area (Å²) in [7, 11) is 0. The first-order valence-corrected chi connectivity index (χ1v) is 12.0. The van der Waals surface area contributed by atoms with Crippen molar-refractivity contribution in [2.75, 3.05) is 11.5 Å². The molecule has 1 N–H and O–H groups in total. The summed E-state index contributed by atoms with van der Waals surface area (Å²) in [6.07, 6.45) is 0.0106. The van der Waals surface area contributed by atoms with Crippen LogP contribution in [0.5, 0.6) is 11.5 Å². The summed E-state index contributed by atoms with van der Waals surface area (Å²) in [5, 5.41) is 13.2. The highest BCUT2D eigenvalue weighted by Gasteiger charge is 2.47. The molecule has 1 unspecified atom stereocenters. The fourth-order valence-corrected chi connectivity index (χ4v) is 4.85. The van der Waals surface area contributed by atoms with Crippen LogP contribution in [-0.2, 0) is 9.59 Å². The lowest BCUT2D eigenvalue weighted by Crippen LogP contribution is -2.29. The number of hydrogen-bond acceptors (Lipinski definition) is 6. The third-order valence-electron chi connectivity index (χ3n) is 5.49. The molecular weight excluding hydrogens is 450 g/mol. The van der Waals surface area contributed by atoms with Gasteiger partial charge < -0.3 is 14.6 Å². The van der Waals surface area contributed by atoms with Crippen molar-refractivity contribution in [3.8, 4) is 11.5 Å². The molecule has 2 aromatic carbocycles. The van der Waals surface area contributed by atoms with Crippen LogP contribution in [0.4, 0.5) is 5.69 Å². The molecule has 1 saturated heterocycles. The number of thiophene rings is 1. The van der Waals surface area contributed by atoms with E-state index in [1.165, 1.54) is 16.2 Å². The Morgan fingerprint density at radius 2 is 1.85 bits per heavy atom. The zero-order valence-corrected chi connectivity index (χ0v) is 20.4. The third kappa shape index (κ3) is 4.43. The molecule has 1 atom stereocenters. The number of aryl methyl sites for hydroxylation is 1. The highest BCUT2D eigenvalue weighted by atomic mass is 32.1. The van der Waals surface area contributed by atoms with E-state index in [-0.39, 0.29) is 17.4 Å². The number of amides is 1. The second-order valence-electron chi connectivity index (χ2n) is 8.26. The van der Waals surface area contributed by atoms with Crippen molar-refractivity contribution in [2.24, 2.45) is 0 Å². The predicted octanol–water partition coefficient (Wildman–Crippen LogP) is 5.87. The first-order chi connectivity index (χ1) is 16.3. The minimum atomic E-state index is -0.732. The molecule has 7 heteroatoms. The van der Waals surface area contributed by atoms with Crippen LogP contribution in [0.25, 0.3) is 5.76 Å². The van der Waals surface area contributed by atoms with Crippen molar-refractivity contribution in [3.63, 3.8) is 0 Å². The lowest BCUT2D eigenvalue weighted by molar-refractivity contribution is -0.132. The minimum absolute atomic E-state index is 0.0106. The fraction of sp³-hybridized carbons (Fsp3) is 0.259. The molecule has 1 amide bonds. The van der Waals surface area contributed by atoms with E-state index in [0.29, 0.717) is 29.4 Å².